The molecule has 1 saturated heterocycles. The molecule has 0 radical (unpaired) electrons. The van der Waals surface area contributed by atoms with Gasteiger partial charge in [0.25, 0.3) is 0 Å². The van der Waals surface area contributed by atoms with Gasteiger partial charge >= 0.3 is 6.36 Å². The molecule has 0 unspecified atom stereocenters. The molecule has 3 aliphatic heterocycles. The lowest BCUT2D eigenvalue weighted by Crippen LogP contribution is -2.46. The van der Waals surface area contributed by atoms with Crippen LogP contribution in [-0.2, 0) is 19.5 Å². The first kappa shape index (κ1) is 27.5. The molecular formula is C32H31F3N3O5+. The molecule has 0 amide bonds. The minimum Gasteiger partial charge on any atom is -0.493 e. The number of rotatable bonds is 6. The molecule has 224 valence electrons. The second kappa shape index (κ2) is 10.7. The maximum atomic E-state index is 12.5. The Labute approximate surface area is 246 Å². The van der Waals surface area contributed by atoms with Gasteiger partial charge in [-0.1, -0.05) is 0 Å². The van der Waals surface area contributed by atoms with Gasteiger partial charge in [-0.3, -0.25) is 4.90 Å². The summed E-state index contributed by atoms with van der Waals surface area (Å²) in [6, 6.07) is 14.5. The molecule has 0 bridgehead atoms. The fourth-order valence-electron chi connectivity index (χ4n) is 6.32. The number of alkyl halides is 3. The average Bonchev–Trinajstić information content (AvgIpc) is 3.46. The molecule has 0 saturated carbocycles. The predicted octanol–water partition coefficient (Wildman–Crippen LogP) is 5.32. The van der Waals surface area contributed by atoms with Crippen LogP contribution in [-0.4, -0.2) is 58.5 Å². The van der Waals surface area contributed by atoms with Crippen LogP contribution in [0, 0.1) is 0 Å². The van der Waals surface area contributed by atoms with Crippen molar-refractivity contribution >= 4 is 16.5 Å². The molecule has 1 aromatic heterocycles. The summed E-state index contributed by atoms with van der Waals surface area (Å²) in [6.45, 7) is 4.86. The van der Waals surface area contributed by atoms with Crippen LogP contribution >= 0.6 is 0 Å². The van der Waals surface area contributed by atoms with Gasteiger partial charge in [-0.25, -0.2) is 0 Å². The fraction of sp³-hybridized carbons (Fsp3) is 0.344. The van der Waals surface area contributed by atoms with E-state index >= 15 is 0 Å². The zero-order chi connectivity index (χ0) is 29.7. The van der Waals surface area contributed by atoms with Crippen LogP contribution in [0.2, 0.25) is 0 Å². The maximum Gasteiger partial charge on any atom is 0.573 e. The van der Waals surface area contributed by atoms with Crippen LogP contribution in [0.25, 0.3) is 22.0 Å². The number of methoxy groups -OCH3 is 2. The van der Waals surface area contributed by atoms with Gasteiger partial charge in [-0.15, -0.1) is 13.2 Å². The second-order valence-electron chi connectivity index (χ2n) is 10.9. The number of aromatic nitrogens is 1. The number of hydrogen-bond donors (Lipinski definition) is 0. The number of ether oxygens (including phenoxy) is 5. The number of aryl methyl sites for hydroxylation is 2. The van der Waals surface area contributed by atoms with E-state index in [0.29, 0.717) is 18.0 Å². The smallest absolute Gasteiger partial charge is 0.493 e. The number of benzene rings is 3. The van der Waals surface area contributed by atoms with Crippen LogP contribution in [0.15, 0.2) is 54.7 Å². The quantitative estimate of drug-likeness (QED) is 0.280. The van der Waals surface area contributed by atoms with Crippen molar-refractivity contribution < 1.29 is 41.4 Å². The predicted molar refractivity (Wildman–Crippen MR) is 153 cm³/mol. The third-order valence-electron chi connectivity index (χ3n) is 8.41. The number of nitrogens with zero attached hydrogens (tertiary/aromatic N) is 3. The van der Waals surface area contributed by atoms with Crippen molar-refractivity contribution in [2.75, 3.05) is 52.1 Å². The molecule has 1 fully saturated rings. The van der Waals surface area contributed by atoms with Crippen molar-refractivity contribution in [3.63, 3.8) is 0 Å². The Morgan fingerprint density at radius 3 is 2.33 bits per heavy atom. The standard InChI is InChI=1S/C32H31F3N3O5/c1-39-30-14-21(17-36-9-11-37(12-10-36)22-3-5-23(6-4-22)43-32(33,34)35)24-15-27-25-16-29-28(41-19-42-29)13-20(25)7-8-38(27)18-26(24)31(30)40-2/h3-6,13-16,18H,7-12,17,19H2,1-2H3/q+1. The van der Waals surface area contributed by atoms with E-state index in [2.05, 4.69) is 49.6 Å². The van der Waals surface area contributed by atoms with E-state index in [4.69, 9.17) is 18.9 Å². The van der Waals surface area contributed by atoms with Crippen LogP contribution in [0.4, 0.5) is 18.9 Å². The minimum atomic E-state index is -4.70. The Bertz CT molecular complexity index is 1690. The van der Waals surface area contributed by atoms with Crippen LogP contribution < -0.4 is 33.2 Å². The van der Waals surface area contributed by atoms with Gasteiger partial charge in [-0.2, -0.15) is 4.57 Å². The Morgan fingerprint density at radius 1 is 0.884 bits per heavy atom. The molecule has 0 spiro atoms. The maximum absolute atomic E-state index is 12.5. The summed E-state index contributed by atoms with van der Waals surface area (Å²) in [4.78, 5) is 4.56. The Morgan fingerprint density at radius 2 is 1.63 bits per heavy atom. The van der Waals surface area contributed by atoms with E-state index in [0.717, 1.165) is 83.9 Å². The van der Waals surface area contributed by atoms with Crippen LogP contribution in [0.3, 0.4) is 0 Å². The number of anilines is 1. The molecule has 8 nitrogen and oxygen atoms in total. The summed E-state index contributed by atoms with van der Waals surface area (Å²) in [5.74, 6) is 2.73. The Balaban J connectivity index is 1.17. The van der Waals surface area contributed by atoms with Gasteiger partial charge in [0.15, 0.2) is 35.7 Å². The van der Waals surface area contributed by atoms with Crippen molar-refractivity contribution in [3.8, 4) is 40.0 Å². The largest absolute Gasteiger partial charge is 0.573 e. The zero-order valence-corrected chi connectivity index (χ0v) is 23.9. The summed E-state index contributed by atoms with van der Waals surface area (Å²) in [5, 5.41) is 2.08. The number of fused-ring (bicyclic) bond motifs is 5. The first-order chi connectivity index (χ1) is 20.8. The summed E-state index contributed by atoms with van der Waals surface area (Å²) in [6.07, 6.45) is -1.66. The van der Waals surface area contributed by atoms with Crippen molar-refractivity contribution in [1.82, 2.24) is 4.90 Å². The van der Waals surface area contributed by atoms with Gasteiger partial charge < -0.3 is 28.6 Å². The molecule has 4 heterocycles. The van der Waals surface area contributed by atoms with Crippen molar-refractivity contribution in [1.29, 1.82) is 0 Å². The number of halogens is 3. The lowest BCUT2D eigenvalue weighted by Gasteiger charge is -2.36. The van der Waals surface area contributed by atoms with Gasteiger partial charge in [0.1, 0.15) is 5.75 Å². The summed E-state index contributed by atoms with van der Waals surface area (Å²) in [7, 11) is 3.32. The molecule has 0 aliphatic carbocycles. The number of pyridine rings is 1. The molecule has 43 heavy (non-hydrogen) atoms. The first-order valence-electron chi connectivity index (χ1n) is 14.2. The van der Waals surface area contributed by atoms with Gasteiger partial charge in [0.05, 0.1) is 25.2 Å². The lowest BCUT2D eigenvalue weighted by atomic mass is 9.93. The molecule has 0 N–H and O–H groups in total. The highest BCUT2D eigenvalue weighted by atomic mass is 19.4. The average molecular weight is 595 g/mol. The van der Waals surface area contributed by atoms with Crippen molar-refractivity contribution in [2.24, 2.45) is 0 Å². The molecule has 0 atom stereocenters. The van der Waals surface area contributed by atoms with Gasteiger partial charge in [0.2, 0.25) is 12.5 Å². The SMILES string of the molecule is COc1cc(CN2CCN(c3ccc(OC(F)(F)F)cc3)CC2)c2cc3[n+](cc2c1OC)CCc1cc2c(cc1-3)OCO2. The van der Waals surface area contributed by atoms with Gasteiger partial charge in [0, 0.05) is 56.3 Å². The summed E-state index contributed by atoms with van der Waals surface area (Å²) >= 11 is 0. The third-order valence-corrected chi connectivity index (χ3v) is 8.41. The van der Waals surface area contributed by atoms with E-state index in [1.54, 1.807) is 26.4 Å². The normalized spacial score (nSPS) is 16.2. The molecule has 4 aromatic rings. The third kappa shape index (κ3) is 5.22. The van der Waals surface area contributed by atoms with E-state index in [1.807, 2.05) is 0 Å². The second-order valence-corrected chi connectivity index (χ2v) is 10.9. The van der Waals surface area contributed by atoms with Gasteiger partial charge in [-0.05, 0) is 53.6 Å². The zero-order valence-electron chi connectivity index (χ0n) is 23.9. The molecule has 3 aromatic carbocycles. The fourth-order valence-corrected chi connectivity index (χ4v) is 6.32. The van der Waals surface area contributed by atoms with Crippen LogP contribution in [0.5, 0.6) is 28.7 Å². The van der Waals surface area contributed by atoms with E-state index in [9.17, 15) is 13.2 Å². The Kier molecular flexibility index (Phi) is 6.84. The summed E-state index contributed by atoms with van der Waals surface area (Å²) < 4.78 is 66.8. The Hall–Kier alpha value is -4.38. The van der Waals surface area contributed by atoms with E-state index in [-0.39, 0.29) is 12.5 Å². The topological polar surface area (TPSA) is 56.5 Å². The highest BCUT2D eigenvalue weighted by Gasteiger charge is 2.32. The molecule has 7 rings (SSSR count). The molecule has 3 aliphatic rings. The molecular weight excluding hydrogens is 563 g/mol. The van der Waals surface area contributed by atoms with E-state index in [1.165, 1.54) is 17.7 Å². The van der Waals surface area contributed by atoms with E-state index < -0.39 is 6.36 Å². The minimum absolute atomic E-state index is 0.219. The highest BCUT2D eigenvalue weighted by molar-refractivity contribution is 5.94. The monoisotopic (exact) mass is 594 g/mol. The van der Waals surface area contributed by atoms with Crippen molar-refractivity contribution in [3.05, 3.63) is 65.9 Å². The first-order valence-corrected chi connectivity index (χ1v) is 14.2. The van der Waals surface area contributed by atoms with Crippen molar-refractivity contribution in [2.45, 2.75) is 25.9 Å². The molecule has 11 heteroatoms. The number of piperazine rings is 1. The summed E-state index contributed by atoms with van der Waals surface area (Å²) in [5.41, 5.74) is 5.49. The highest BCUT2D eigenvalue weighted by Crippen LogP contribution is 2.43. The lowest BCUT2D eigenvalue weighted by molar-refractivity contribution is -0.686. The van der Waals surface area contributed by atoms with Crippen LogP contribution in [0.1, 0.15) is 11.1 Å². The number of hydrogen-bond acceptors (Lipinski definition) is 7.